The van der Waals surface area contributed by atoms with Gasteiger partial charge in [-0.3, -0.25) is 4.98 Å². The fourth-order valence-electron chi connectivity index (χ4n) is 3.85. The molecular formula is C18H19ClN6S. The van der Waals surface area contributed by atoms with E-state index in [0.29, 0.717) is 23.0 Å². The second-order valence-corrected chi connectivity index (χ2v) is 8.34. The van der Waals surface area contributed by atoms with E-state index in [9.17, 15) is 0 Å². The number of hydrogen-bond acceptors (Lipinski definition) is 6. The fourth-order valence-corrected chi connectivity index (χ4v) is 4.94. The monoisotopic (exact) mass is 386 g/mol. The Morgan fingerprint density at radius 3 is 2.85 bits per heavy atom. The standard InChI is InChI=1S/C18H19ClN6S/c1-2-12-14(19)13-16(22-12)23-18(26-9-4-3-5-21-6-9)24-17(13)25-7-10-11(8-25)15(10)20/h3-6,10-11,15H,2,7-8,20H2,1H3,(H,22,23,24). The Bertz CT molecular complexity index is 963. The normalized spacial score (nSPS) is 24.3. The van der Waals surface area contributed by atoms with Gasteiger partial charge in [0.15, 0.2) is 5.16 Å². The average Bonchev–Trinajstić information content (AvgIpc) is 3.02. The lowest BCUT2D eigenvalue weighted by atomic mass is 10.2. The summed E-state index contributed by atoms with van der Waals surface area (Å²) >= 11 is 8.16. The van der Waals surface area contributed by atoms with E-state index < -0.39 is 0 Å². The number of pyridine rings is 1. The summed E-state index contributed by atoms with van der Waals surface area (Å²) in [5, 5.41) is 2.36. The van der Waals surface area contributed by atoms with Crippen LogP contribution in [0.1, 0.15) is 12.6 Å². The van der Waals surface area contributed by atoms with E-state index >= 15 is 0 Å². The van der Waals surface area contributed by atoms with E-state index in [-0.39, 0.29) is 0 Å². The smallest absolute Gasteiger partial charge is 0.196 e. The first-order valence-corrected chi connectivity index (χ1v) is 10.0. The van der Waals surface area contributed by atoms with Crippen LogP contribution in [0.2, 0.25) is 5.02 Å². The molecule has 1 aliphatic carbocycles. The SMILES string of the molecule is CCc1[nH]c2nc(Sc3cccnc3)nc(N3CC4C(N)C4C3)c2c1Cl. The van der Waals surface area contributed by atoms with Gasteiger partial charge >= 0.3 is 0 Å². The Kier molecular flexibility index (Phi) is 3.84. The molecule has 26 heavy (non-hydrogen) atoms. The maximum Gasteiger partial charge on any atom is 0.196 e. The second-order valence-electron chi connectivity index (χ2n) is 6.93. The first kappa shape index (κ1) is 16.4. The van der Waals surface area contributed by atoms with Crippen molar-refractivity contribution < 1.29 is 0 Å². The highest BCUT2D eigenvalue weighted by Crippen LogP contribution is 2.47. The second kappa shape index (κ2) is 6.11. The van der Waals surface area contributed by atoms with Crippen molar-refractivity contribution in [2.75, 3.05) is 18.0 Å². The molecule has 6 nitrogen and oxygen atoms in total. The Balaban J connectivity index is 1.59. The number of halogens is 1. The number of nitrogens with zero attached hydrogens (tertiary/aromatic N) is 4. The summed E-state index contributed by atoms with van der Waals surface area (Å²) < 4.78 is 0. The van der Waals surface area contributed by atoms with Crippen LogP contribution >= 0.6 is 23.4 Å². The Morgan fingerprint density at radius 1 is 1.35 bits per heavy atom. The lowest BCUT2D eigenvalue weighted by molar-refractivity contribution is 0.732. The summed E-state index contributed by atoms with van der Waals surface area (Å²) in [6, 6.07) is 4.27. The molecule has 1 saturated carbocycles. The third kappa shape index (κ3) is 2.57. The molecular weight excluding hydrogens is 368 g/mol. The van der Waals surface area contributed by atoms with Crippen LogP contribution in [-0.4, -0.2) is 39.1 Å². The van der Waals surface area contributed by atoms with Crippen LogP contribution in [0.4, 0.5) is 5.82 Å². The van der Waals surface area contributed by atoms with Crippen LogP contribution in [-0.2, 0) is 6.42 Å². The van der Waals surface area contributed by atoms with Crippen LogP contribution in [0, 0.1) is 11.8 Å². The summed E-state index contributed by atoms with van der Waals surface area (Å²) in [5.74, 6) is 2.08. The summed E-state index contributed by atoms with van der Waals surface area (Å²) in [5.41, 5.74) is 7.91. The molecule has 0 bridgehead atoms. The number of nitrogens with two attached hydrogens (primary N) is 1. The molecule has 1 aliphatic heterocycles. The topological polar surface area (TPSA) is 83.7 Å². The summed E-state index contributed by atoms with van der Waals surface area (Å²) in [7, 11) is 0. The minimum absolute atomic E-state index is 0.348. The number of aryl methyl sites for hydroxylation is 1. The molecule has 0 spiro atoms. The van der Waals surface area contributed by atoms with Gasteiger partial charge in [0.2, 0.25) is 0 Å². The van der Waals surface area contributed by atoms with Gasteiger partial charge in [-0.05, 0) is 42.2 Å². The number of piperidine rings is 1. The van der Waals surface area contributed by atoms with Crippen molar-refractivity contribution in [1.29, 1.82) is 0 Å². The van der Waals surface area contributed by atoms with Crippen molar-refractivity contribution in [3.63, 3.8) is 0 Å². The first-order chi connectivity index (χ1) is 12.7. The molecule has 3 aromatic rings. The molecule has 3 N–H and O–H groups in total. The zero-order valence-corrected chi connectivity index (χ0v) is 15.9. The maximum absolute atomic E-state index is 6.65. The molecule has 5 rings (SSSR count). The van der Waals surface area contributed by atoms with Crippen LogP contribution in [0.5, 0.6) is 0 Å². The molecule has 2 fully saturated rings. The summed E-state index contributed by atoms with van der Waals surface area (Å²) in [4.78, 5) is 20.4. The van der Waals surface area contributed by atoms with Gasteiger partial charge in [0.25, 0.3) is 0 Å². The zero-order valence-electron chi connectivity index (χ0n) is 14.3. The molecule has 3 aromatic heterocycles. The number of H-pyrrole nitrogens is 1. The van der Waals surface area contributed by atoms with E-state index in [1.54, 1.807) is 6.20 Å². The largest absolute Gasteiger partial charge is 0.355 e. The van der Waals surface area contributed by atoms with Crippen LogP contribution in [0.3, 0.4) is 0 Å². The van der Waals surface area contributed by atoms with E-state index in [0.717, 1.165) is 52.0 Å². The van der Waals surface area contributed by atoms with Crippen molar-refractivity contribution in [3.05, 3.63) is 35.2 Å². The van der Waals surface area contributed by atoms with Crippen molar-refractivity contribution in [2.45, 2.75) is 29.4 Å². The molecule has 1 saturated heterocycles. The molecule has 2 unspecified atom stereocenters. The molecule has 2 aliphatic rings. The minimum Gasteiger partial charge on any atom is -0.355 e. The quantitative estimate of drug-likeness (QED) is 0.670. The Hall–Kier alpha value is -1.83. The first-order valence-electron chi connectivity index (χ1n) is 8.82. The van der Waals surface area contributed by atoms with E-state index in [4.69, 9.17) is 27.3 Å². The highest BCUT2D eigenvalue weighted by atomic mass is 35.5. The van der Waals surface area contributed by atoms with E-state index in [1.165, 1.54) is 11.8 Å². The third-order valence-electron chi connectivity index (χ3n) is 5.38. The molecule has 0 aromatic carbocycles. The lowest BCUT2D eigenvalue weighted by Crippen LogP contribution is -2.29. The molecule has 8 heteroatoms. The number of nitrogens with one attached hydrogen (secondary N) is 1. The predicted molar refractivity (Wildman–Crippen MR) is 104 cm³/mol. The fraction of sp³-hybridized carbons (Fsp3) is 0.389. The predicted octanol–water partition coefficient (Wildman–Crippen LogP) is 3.11. The minimum atomic E-state index is 0.348. The van der Waals surface area contributed by atoms with E-state index in [1.807, 2.05) is 18.3 Å². The number of fused-ring (bicyclic) bond motifs is 2. The molecule has 2 atom stereocenters. The van der Waals surface area contributed by atoms with Gasteiger partial charge in [-0.25, -0.2) is 9.97 Å². The van der Waals surface area contributed by atoms with Gasteiger partial charge < -0.3 is 15.6 Å². The van der Waals surface area contributed by atoms with Crippen molar-refractivity contribution in [3.8, 4) is 0 Å². The van der Waals surface area contributed by atoms with Crippen LogP contribution in [0.15, 0.2) is 34.6 Å². The number of aromatic amines is 1. The maximum atomic E-state index is 6.65. The number of aromatic nitrogens is 4. The van der Waals surface area contributed by atoms with Gasteiger partial charge in [-0.15, -0.1) is 0 Å². The average molecular weight is 387 g/mol. The lowest BCUT2D eigenvalue weighted by Gasteiger charge is -2.21. The van der Waals surface area contributed by atoms with E-state index in [2.05, 4.69) is 21.8 Å². The summed E-state index contributed by atoms with van der Waals surface area (Å²) in [6.45, 7) is 3.97. The van der Waals surface area contributed by atoms with Gasteiger partial charge in [-0.1, -0.05) is 18.5 Å². The van der Waals surface area contributed by atoms with Gasteiger partial charge in [0.1, 0.15) is 11.5 Å². The highest BCUT2D eigenvalue weighted by Gasteiger charge is 2.54. The highest BCUT2D eigenvalue weighted by molar-refractivity contribution is 7.99. The van der Waals surface area contributed by atoms with Crippen LogP contribution in [0.25, 0.3) is 11.0 Å². The number of anilines is 1. The van der Waals surface area contributed by atoms with Crippen LogP contribution < -0.4 is 10.6 Å². The van der Waals surface area contributed by atoms with Gasteiger partial charge in [-0.2, -0.15) is 0 Å². The molecule has 0 radical (unpaired) electrons. The molecule has 0 amide bonds. The van der Waals surface area contributed by atoms with Crippen molar-refractivity contribution in [2.24, 2.45) is 17.6 Å². The molecule has 4 heterocycles. The van der Waals surface area contributed by atoms with Gasteiger partial charge in [0.05, 0.1) is 10.4 Å². The Morgan fingerprint density at radius 2 is 2.15 bits per heavy atom. The number of rotatable bonds is 4. The summed E-state index contributed by atoms with van der Waals surface area (Å²) in [6.07, 6.45) is 4.41. The number of hydrogen-bond donors (Lipinski definition) is 2. The Labute approximate surface area is 160 Å². The zero-order chi connectivity index (χ0) is 17.8. The van der Waals surface area contributed by atoms with Crippen molar-refractivity contribution >= 4 is 40.2 Å². The van der Waals surface area contributed by atoms with Crippen molar-refractivity contribution in [1.82, 2.24) is 19.9 Å². The third-order valence-corrected chi connectivity index (χ3v) is 6.64. The van der Waals surface area contributed by atoms with Gasteiger partial charge in [0, 0.05) is 42.1 Å². The molecule has 134 valence electrons.